The van der Waals surface area contributed by atoms with Gasteiger partial charge in [-0.1, -0.05) is 17.7 Å². The molecule has 2 aromatic carbocycles. The molecule has 34 heavy (non-hydrogen) atoms. The molecule has 0 aromatic heterocycles. The normalized spacial score (nSPS) is 15.6. The third-order valence-corrected chi connectivity index (χ3v) is 8.73. The first-order valence-electron chi connectivity index (χ1n) is 11.1. The first-order valence-corrected chi connectivity index (χ1v) is 14.4. The van der Waals surface area contributed by atoms with Crippen molar-refractivity contribution < 1.29 is 26.4 Å². The predicted octanol–water partition coefficient (Wildman–Crippen LogP) is 2.13. The van der Waals surface area contributed by atoms with Crippen LogP contribution in [0.3, 0.4) is 0 Å². The highest BCUT2D eigenvalue weighted by molar-refractivity contribution is 7.92. The van der Waals surface area contributed by atoms with Crippen LogP contribution in [0.15, 0.2) is 53.4 Å². The second kappa shape index (κ2) is 10.7. The number of hydrogen-bond acceptors (Lipinski definition) is 6. The zero-order valence-corrected chi connectivity index (χ0v) is 21.2. The van der Waals surface area contributed by atoms with Crippen LogP contribution in [-0.4, -0.2) is 65.6 Å². The number of benzene rings is 2. The second-order valence-electron chi connectivity index (χ2n) is 8.29. The van der Waals surface area contributed by atoms with Crippen molar-refractivity contribution in [2.45, 2.75) is 37.6 Å². The molecule has 0 saturated carbocycles. The molecule has 0 radical (unpaired) electrons. The van der Waals surface area contributed by atoms with Crippen molar-refractivity contribution in [2.24, 2.45) is 0 Å². The van der Waals surface area contributed by atoms with Crippen LogP contribution < -0.4 is 14.4 Å². The zero-order chi connectivity index (χ0) is 24.9. The van der Waals surface area contributed by atoms with Crippen LogP contribution in [0, 0.1) is 6.92 Å². The maximum atomic E-state index is 12.6. The first-order chi connectivity index (χ1) is 16.0. The molecule has 0 aliphatic carbocycles. The van der Waals surface area contributed by atoms with Gasteiger partial charge in [0.1, 0.15) is 18.4 Å². The van der Waals surface area contributed by atoms with Crippen molar-refractivity contribution >= 4 is 31.6 Å². The number of carbonyl (C=O) groups excluding carboxylic acids is 1. The SMILES string of the molecule is Cc1ccc(N(C(C)C(=O)NCCOc2ccc(S(=O)(=O)N3CCCC3)cc2)S(C)(=O)=O)cc1. The van der Waals surface area contributed by atoms with E-state index in [9.17, 15) is 21.6 Å². The van der Waals surface area contributed by atoms with E-state index in [0.717, 1.165) is 29.0 Å². The summed E-state index contributed by atoms with van der Waals surface area (Å²) in [7, 11) is -7.16. The number of amides is 1. The number of aryl methyl sites for hydroxylation is 1. The fourth-order valence-corrected chi connectivity index (χ4v) is 6.47. The number of rotatable bonds is 10. The molecule has 1 amide bonds. The summed E-state index contributed by atoms with van der Waals surface area (Å²) in [4.78, 5) is 12.8. The monoisotopic (exact) mass is 509 g/mol. The summed E-state index contributed by atoms with van der Waals surface area (Å²) in [5.74, 6) is 0.0155. The molecule has 1 heterocycles. The highest BCUT2D eigenvalue weighted by atomic mass is 32.2. The maximum absolute atomic E-state index is 12.6. The Labute approximate surface area is 201 Å². The molecular weight excluding hydrogens is 478 g/mol. The van der Waals surface area contributed by atoms with Crippen molar-refractivity contribution in [3.63, 3.8) is 0 Å². The Bertz CT molecular complexity index is 1190. The van der Waals surface area contributed by atoms with Gasteiger partial charge in [0.15, 0.2) is 0 Å². The summed E-state index contributed by atoms with van der Waals surface area (Å²) < 4.78 is 58.0. The summed E-state index contributed by atoms with van der Waals surface area (Å²) >= 11 is 0. The van der Waals surface area contributed by atoms with Gasteiger partial charge in [-0.05, 0) is 63.1 Å². The predicted molar refractivity (Wildman–Crippen MR) is 131 cm³/mol. The van der Waals surface area contributed by atoms with Gasteiger partial charge in [-0.15, -0.1) is 0 Å². The van der Waals surface area contributed by atoms with Gasteiger partial charge in [-0.2, -0.15) is 4.31 Å². The molecule has 3 rings (SSSR count). The molecule has 1 atom stereocenters. The Morgan fingerprint density at radius 1 is 1.03 bits per heavy atom. The first kappa shape index (κ1) is 26.0. The highest BCUT2D eigenvalue weighted by Gasteiger charge is 2.29. The van der Waals surface area contributed by atoms with Crippen LogP contribution in [0.5, 0.6) is 5.75 Å². The van der Waals surface area contributed by atoms with Crippen LogP contribution in [0.1, 0.15) is 25.3 Å². The molecule has 1 N–H and O–H groups in total. The van der Waals surface area contributed by atoms with E-state index >= 15 is 0 Å². The Balaban J connectivity index is 1.53. The zero-order valence-electron chi connectivity index (χ0n) is 19.6. The van der Waals surface area contributed by atoms with Crippen LogP contribution in [-0.2, 0) is 24.8 Å². The van der Waals surface area contributed by atoms with Crippen LogP contribution >= 0.6 is 0 Å². The number of hydrogen-bond donors (Lipinski definition) is 1. The van der Waals surface area contributed by atoms with E-state index in [0.29, 0.717) is 24.5 Å². The summed E-state index contributed by atoms with van der Waals surface area (Å²) in [5.41, 5.74) is 1.39. The van der Waals surface area contributed by atoms with E-state index in [-0.39, 0.29) is 18.0 Å². The number of carbonyl (C=O) groups is 1. The Morgan fingerprint density at radius 2 is 1.62 bits per heavy atom. The van der Waals surface area contributed by atoms with Gasteiger partial charge in [0.05, 0.1) is 23.4 Å². The number of sulfonamides is 2. The van der Waals surface area contributed by atoms with Gasteiger partial charge in [-0.25, -0.2) is 16.8 Å². The van der Waals surface area contributed by atoms with E-state index in [1.54, 1.807) is 36.4 Å². The van der Waals surface area contributed by atoms with Crippen molar-refractivity contribution in [3.8, 4) is 5.75 Å². The minimum Gasteiger partial charge on any atom is -0.492 e. The summed E-state index contributed by atoms with van der Waals surface area (Å²) in [5, 5.41) is 2.69. The standard InChI is InChI=1S/C23H31N3O6S2/c1-18-6-8-20(9-7-18)26(33(3,28)29)19(2)23(27)24-14-17-32-21-10-12-22(13-11-21)34(30,31)25-15-4-5-16-25/h6-13,19H,4-5,14-17H2,1-3H3,(H,24,27). The van der Waals surface area contributed by atoms with Crippen LogP contribution in [0.25, 0.3) is 0 Å². The van der Waals surface area contributed by atoms with E-state index in [1.165, 1.54) is 23.4 Å². The third-order valence-electron chi connectivity index (χ3n) is 5.57. The van der Waals surface area contributed by atoms with E-state index in [2.05, 4.69) is 5.32 Å². The molecule has 1 unspecified atom stereocenters. The van der Waals surface area contributed by atoms with Crippen molar-refractivity contribution in [1.82, 2.24) is 9.62 Å². The van der Waals surface area contributed by atoms with Crippen LogP contribution in [0.4, 0.5) is 5.69 Å². The van der Waals surface area contributed by atoms with Gasteiger partial charge >= 0.3 is 0 Å². The van der Waals surface area contributed by atoms with Gasteiger partial charge in [0, 0.05) is 13.1 Å². The minimum atomic E-state index is -3.68. The average Bonchev–Trinajstić information content (AvgIpc) is 3.33. The molecule has 1 saturated heterocycles. The molecule has 9 nitrogen and oxygen atoms in total. The fraction of sp³-hybridized carbons (Fsp3) is 0.435. The summed E-state index contributed by atoms with van der Waals surface area (Å²) in [6.45, 7) is 4.79. The molecule has 1 fully saturated rings. The van der Waals surface area contributed by atoms with Crippen molar-refractivity contribution in [3.05, 3.63) is 54.1 Å². The third kappa shape index (κ3) is 6.28. The highest BCUT2D eigenvalue weighted by Crippen LogP contribution is 2.23. The average molecular weight is 510 g/mol. The van der Waals surface area contributed by atoms with E-state index in [4.69, 9.17) is 4.74 Å². The molecule has 2 aromatic rings. The quantitative estimate of drug-likeness (QED) is 0.491. The number of ether oxygens (including phenoxy) is 1. The Morgan fingerprint density at radius 3 is 2.18 bits per heavy atom. The lowest BCUT2D eigenvalue weighted by Crippen LogP contribution is -2.48. The molecule has 11 heteroatoms. The molecule has 1 aliphatic heterocycles. The molecule has 0 bridgehead atoms. The summed E-state index contributed by atoms with van der Waals surface area (Å²) in [6, 6.07) is 12.1. The maximum Gasteiger partial charge on any atom is 0.243 e. The Kier molecular flexibility index (Phi) is 8.21. The lowest BCUT2D eigenvalue weighted by Gasteiger charge is -2.28. The number of nitrogens with one attached hydrogen (secondary N) is 1. The van der Waals surface area contributed by atoms with Gasteiger partial charge in [0.25, 0.3) is 0 Å². The van der Waals surface area contributed by atoms with Crippen molar-refractivity contribution in [1.29, 1.82) is 0 Å². The largest absolute Gasteiger partial charge is 0.492 e. The molecule has 0 spiro atoms. The van der Waals surface area contributed by atoms with E-state index < -0.39 is 32.0 Å². The Hall–Kier alpha value is -2.63. The fourth-order valence-electron chi connectivity index (χ4n) is 3.78. The molecule has 1 aliphatic rings. The van der Waals surface area contributed by atoms with Gasteiger partial charge in [-0.3, -0.25) is 9.10 Å². The lowest BCUT2D eigenvalue weighted by molar-refractivity contribution is -0.121. The lowest BCUT2D eigenvalue weighted by atomic mass is 10.2. The van der Waals surface area contributed by atoms with Crippen molar-refractivity contribution in [2.75, 3.05) is 36.8 Å². The molecule has 186 valence electrons. The second-order valence-corrected chi connectivity index (χ2v) is 12.1. The van der Waals surface area contributed by atoms with Gasteiger partial charge < -0.3 is 10.1 Å². The van der Waals surface area contributed by atoms with Crippen LogP contribution in [0.2, 0.25) is 0 Å². The molecular formula is C23H31N3O6S2. The van der Waals surface area contributed by atoms with Gasteiger partial charge in [0.2, 0.25) is 26.0 Å². The summed E-state index contributed by atoms with van der Waals surface area (Å²) in [6.07, 6.45) is 2.81. The number of nitrogens with zero attached hydrogens (tertiary/aromatic N) is 2. The number of anilines is 1. The van der Waals surface area contributed by atoms with E-state index in [1.807, 2.05) is 6.92 Å². The minimum absolute atomic E-state index is 0.139. The smallest absolute Gasteiger partial charge is 0.243 e. The topological polar surface area (TPSA) is 113 Å².